The van der Waals surface area contributed by atoms with Crippen LogP contribution in [0.5, 0.6) is 0 Å². The van der Waals surface area contributed by atoms with E-state index in [9.17, 15) is 14.7 Å². The van der Waals surface area contributed by atoms with Crippen LogP contribution in [0.25, 0.3) is 16.5 Å². The molecule has 4 N–H and O–H groups in total. The number of anilines is 2. The highest BCUT2D eigenvalue weighted by molar-refractivity contribution is 6.35. The number of halogens is 1. The Labute approximate surface area is 182 Å². The van der Waals surface area contributed by atoms with Crippen molar-refractivity contribution in [3.8, 4) is 5.69 Å². The van der Waals surface area contributed by atoms with Crippen LogP contribution in [0.2, 0.25) is 5.02 Å². The fraction of sp³-hybridized carbons (Fsp3) is 0.0909. The van der Waals surface area contributed by atoms with Gasteiger partial charge in [-0.15, -0.1) is 0 Å². The first kappa shape index (κ1) is 20.4. The molecule has 4 rings (SSSR count). The van der Waals surface area contributed by atoms with Crippen molar-refractivity contribution >= 4 is 40.1 Å². The largest absolute Gasteiger partial charge is 0.477 e. The van der Waals surface area contributed by atoms with Crippen molar-refractivity contribution < 1.29 is 9.90 Å². The van der Waals surface area contributed by atoms with Gasteiger partial charge in [0.1, 0.15) is 11.4 Å². The van der Waals surface area contributed by atoms with Crippen LogP contribution in [-0.4, -0.2) is 25.6 Å². The summed E-state index contributed by atoms with van der Waals surface area (Å²) in [7, 11) is 0. The minimum Gasteiger partial charge on any atom is -0.477 e. The number of carboxylic acid groups (broad SMARTS) is 1. The van der Waals surface area contributed by atoms with Gasteiger partial charge in [0.05, 0.1) is 16.5 Å². The van der Waals surface area contributed by atoms with Gasteiger partial charge in [0.25, 0.3) is 5.56 Å². The number of benzene rings is 2. The lowest BCUT2D eigenvalue weighted by Gasteiger charge is -2.22. The van der Waals surface area contributed by atoms with Crippen molar-refractivity contribution in [2.24, 2.45) is 0 Å². The topological polar surface area (TPSA) is 123 Å². The van der Waals surface area contributed by atoms with Crippen molar-refractivity contribution in [1.82, 2.24) is 14.5 Å². The Bertz CT molecular complexity index is 1350. The Hall–Kier alpha value is -3.91. The summed E-state index contributed by atoms with van der Waals surface area (Å²) in [5, 5.41) is 14.0. The summed E-state index contributed by atoms with van der Waals surface area (Å²) in [6, 6.07) is 15.7. The summed E-state index contributed by atoms with van der Waals surface area (Å²) in [6.07, 6.45) is 1.14. The van der Waals surface area contributed by atoms with Crippen molar-refractivity contribution in [2.75, 3.05) is 11.1 Å². The molecule has 0 radical (unpaired) electrons. The van der Waals surface area contributed by atoms with E-state index in [1.54, 1.807) is 29.7 Å². The van der Waals surface area contributed by atoms with Gasteiger partial charge in [-0.3, -0.25) is 9.36 Å². The Balaban J connectivity index is 1.92. The minimum absolute atomic E-state index is 0.0609. The van der Waals surface area contributed by atoms with Crippen LogP contribution in [0.4, 0.5) is 11.8 Å². The molecule has 0 fully saturated rings. The molecular weight excluding hydrogens is 418 g/mol. The highest BCUT2D eigenvalue weighted by atomic mass is 35.5. The molecule has 9 heteroatoms. The van der Waals surface area contributed by atoms with Gasteiger partial charge in [-0.05, 0) is 36.6 Å². The Morgan fingerprint density at radius 3 is 2.65 bits per heavy atom. The molecule has 0 unspecified atom stereocenters. The molecule has 0 saturated carbocycles. The molecule has 0 aliphatic heterocycles. The number of rotatable bonds is 5. The molecule has 0 bridgehead atoms. The van der Waals surface area contributed by atoms with E-state index in [0.29, 0.717) is 27.2 Å². The predicted molar refractivity (Wildman–Crippen MR) is 120 cm³/mol. The van der Waals surface area contributed by atoms with E-state index in [1.807, 2.05) is 36.4 Å². The molecular formula is C22H18ClN5O3. The van der Waals surface area contributed by atoms with Crippen molar-refractivity contribution in [3.63, 3.8) is 0 Å². The van der Waals surface area contributed by atoms with Gasteiger partial charge in [-0.2, -0.15) is 4.98 Å². The zero-order valence-corrected chi connectivity index (χ0v) is 17.2. The number of hydrogen-bond acceptors (Lipinski definition) is 6. The molecule has 2 aromatic carbocycles. The number of aromatic carboxylic acids is 1. The Morgan fingerprint density at radius 2 is 1.94 bits per heavy atom. The number of nitrogens with zero attached hydrogens (tertiary/aromatic N) is 3. The normalized spacial score (nSPS) is 11.9. The number of aromatic nitrogens is 3. The number of hydrogen-bond donors (Lipinski definition) is 3. The first-order valence-electron chi connectivity index (χ1n) is 9.38. The molecule has 2 heterocycles. The molecule has 2 aromatic heterocycles. The fourth-order valence-electron chi connectivity index (χ4n) is 3.44. The van der Waals surface area contributed by atoms with E-state index in [2.05, 4.69) is 15.3 Å². The number of carbonyl (C=O) groups is 1. The third kappa shape index (κ3) is 3.80. The van der Waals surface area contributed by atoms with Crippen LogP contribution in [-0.2, 0) is 0 Å². The monoisotopic (exact) mass is 435 g/mol. The van der Waals surface area contributed by atoms with Gasteiger partial charge in [-0.1, -0.05) is 41.9 Å². The average molecular weight is 436 g/mol. The lowest BCUT2D eigenvalue weighted by Crippen LogP contribution is -2.26. The lowest BCUT2D eigenvalue weighted by atomic mass is 10.1. The van der Waals surface area contributed by atoms with E-state index in [0.717, 1.165) is 6.20 Å². The van der Waals surface area contributed by atoms with Gasteiger partial charge in [0.15, 0.2) is 0 Å². The van der Waals surface area contributed by atoms with Crippen LogP contribution in [0, 0.1) is 0 Å². The lowest BCUT2D eigenvalue weighted by molar-refractivity contribution is 0.0697. The van der Waals surface area contributed by atoms with Crippen LogP contribution < -0.4 is 16.6 Å². The standard InChI is InChI=1S/C22H18ClN5O3/c1-12(26-19-15(21(30)31)11-25-22(24)27-19)17-10-13-6-5-9-16(23)18(13)20(29)28(17)14-7-3-2-4-8-14/h2-12H,1H3,(H,30,31)(H3,24,25,26,27)/t12-/m0/s1. The highest BCUT2D eigenvalue weighted by Crippen LogP contribution is 2.27. The number of carboxylic acids is 1. The summed E-state index contributed by atoms with van der Waals surface area (Å²) in [5.74, 6) is -1.20. The van der Waals surface area contributed by atoms with Gasteiger partial charge in [-0.25, -0.2) is 9.78 Å². The number of para-hydroxylation sites is 1. The Morgan fingerprint density at radius 1 is 1.19 bits per heavy atom. The average Bonchev–Trinajstić information content (AvgIpc) is 2.74. The second-order valence-corrected chi connectivity index (χ2v) is 7.32. The molecule has 156 valence electrons. The fourth-order valence-corrected chi connectivity index (χ4v) is 3.71. The van der Waals surface area contributed by atoms with Gasteiger partial charge in [0, 0.05) is 17.6 Å². The van der Waals surface area contributed by atoms with E-state index < -0.39 is 12.0 Å². The van der Waals surface area contributed by atoms with Crippen molar-refractivity contribution in [1.29, 1.82) is 0 Å². The number of pyridine rings is 1. The van der Waals surface area contributed by atoms with Gasteiger partial charge in [0.2, 0.25) is 5.95 Å². The quantitative estimate of drug-likeness (QED) is 0.434. The first-order chi connectivity index (χ1) is 14.9. The number of nitrogens with one attached hydrogen (secondary N) is 1. The van der Waals surface area contributed by atoms with E-state index in [-0.39, 0.29) is 22.9 Å². The Kier molecular flexibility index (Phi) is 5.31. The number of nitrogen functional groups attached to an aromatic ring is 1. The molecule has 0 saturated heterocycles. The smallest absolute Gasteiger partial charge is 0.341 e. The molecule has 0 aliphatic carbocycles. The summed E-state index contributed by atoms with van der Waals surface area (Å²) in [4.78, 5) is 32.8. The minimum atomic E-state index is -1.19. The van der Waals surface area contributed by atoms with E-state index in [4.69, 9.17) is 17.3 Å². The third-order valence-corrected chi connectivity index (χ3v) is 5.19. The second kappa shape index (κ2) is 8.08. The van der Waals surface area contributed by atoms with Crippen LogP contribution in [0.3, 0.4) is 0 Å². The number of nitrogens with two attached hydrogens (primary N) is 1. The van der Waals surface area contributed by atoms with Crippen LogP contribution in [0.1, 0.15) is 29.0 Å². The van der Waals surface area contributed by atoms with Crippen molar-refractivity contribution in [3.05, 3.63) is 87.4 Å². The second-order valence-electron chi connectivity index (χ2n) is 6.91. The molecule has 0 amide bonds. The molecule has 0 spiro atoms. The van der Waals surface area contributed by atoms with Gasteiger partial charge >= 0.3 is 5.97 Å². The zero-order chi connectivity index (χ0) is 22.1. The van der Waals surface area contributed by atoms with Crippen LogP contribution in [0.15, 0.2) is 65.6 Å². The molecule has 0 aliphatic rings. The van der Waals surface area contributed by atoms with Crippen LogP contribution >= 0.6 is 11.6 Å². The molecule has 4 aromatic rings. The zero-order valence-electron chi connectivity index (χ0n) is 16.4. The first-order valence-corrected chi connectivity index (χ1v) is 9.76. The predicted octanol–water partition coefficient (Wildman–Crippen LogP) is 3.89. The summed E-state index contributed by atoms with van der Waals surface area (Å²) in [5.41, 5.74) is 6.50. The number of fused-ring (bicyclic) bond motifs is 1. The van der Waals surface area contributed by atoms with E-state index in [1.165, 1.54) is 0 Å². The molecule has 8 nitrogen and oxygen atoms in total. The van der Waals surface area contributed by atoms with E-state index >= 15 is 0 Å². The third-order valence-electron chi connectivity index (χ3n) is 4.87. The summed E-state index contributed by atoms with van der Waals surface area (Å²) in [6.45, 7) is 1.80. The van der Waals surface area contributed by atoms with Gasteiger partial charge < -0.3 is 16.2 Å². The maximum Gasteiger partial charge on any atom is 0.341 e. The molecule has 1 atom stereocenters. The SMILES string of the molecule is C[C@H](Nc1nc(N)ncc1C(=O)O)c1cc2cccc(Cl)c2c(=O)n1-c1ccccc1. The maximum atomic E-state index is 13.5. The maximum absolute atomic E-state index is 13.5. The summed E-state index contributed by atoms with van der Waals surface area (Å²) >= 11 is 6.33. The summed E-state index contributed by atoms with van der Waals surface area (Å²) < 4.78 is 1.55. The molecule has 31 heavy (non-hydrogen) atoms. The van der Waals surface area contributed by atoms with Crippen molar-refractivity contribution in [2.45, 2.75) is 13.0 Å². The highest BCUT2D eigenvalue weighted by Gasteiger charge is 2.20.